The number of ether oxygens (including phenoxy) is 1. The molecule has 4 rings (SSSR count). The first-order valence-corrected chi connectivity index (χ1v) is 8.93. The maximum atomic E-state index is 11.8. The number of esters is 1. The van der Waals surface area contributed by atoms with Crippen LogP contribution in [0.1, 0.15) is 15.9 Å². The summed E-state index contributed by atoms with van der Waals surface area (Å²) in [5, 5.41) is 4.24. The Morgan fingerprint density at radius 1 is 0.929 bits per heavy atom. The number of carbonyl (C=O) groups is 1. The average Bonchev–Trinajstić information content (AvgIpc) is 2.73. The lowest BCUT2D eigenvalue weighted by atomic mass is 10.1. The van der Waals surface area contributed by atoms with Crippen LogP contribution in [0.25, 0.3) is 22.3 Å². The first-order chi connectivity index (χ1) is 13.6. The summed E-state index contributed by atoms with van der Waals surface area (Å²) in [6.07, 6.45) is 0. The van der Waals surface area contributed by atoms with Gasteiger partial charge in [-0.25, -0.2) is 14.8 Å². The summed E-state index contributed by atoms with van der Waals surface area (Å²) in [6.45, 7) is 2.04. The molecule has 0 aliphatic heterocycles. The van der Waals surface area contributed by atoms with Crippen LogP contribution in [0.2, 0.25) is 0 Å². The van der Waals surface area contributed by atoms with Gasteiger partial charge < -0.3 is 10.1 Å². The number of hydrogen-bond acceptors (Lipinski definition) is 5. The molecule has 0 atom stereocenters. The van der Waals surface area contributed by atoms with Crippen LogP contribution in [0.15, 0.2) is 72.8 Å². The highest BCUT2D eigenvalue weighted by Gasteiger charge is 2.11. The van der Waals surface area contributed by atoms with Gasteiger partial charge in [0, 0.05) is 16.6 Å². The molecule has 0 spiro atoms. The Morgan fingerprint density at radius 2 is 1.75 bits per heavy atom. The number of fused-ring (bicyclic) bond motifs is 1. The van der Waals surface area contributed by atoms with Crippen molar-refractivity contribution in [2.24, 2.45) is 0 Å². The largest absolute Gasteiger partial charge is 0.465 e. The van der Waals surface area contributed by atoms with Crippen molar-refractivity contribution in [1.29, 1.82) is 0 Å². The molecule has 3 aromatic carbocycles. The number of para-hydroxylation sites is 1. The quantitative estimate of drug-likeness (QED) is 0.505. The fraction of sp³-hybridized carbons (Fsp3) is 0.0870. The fourth-order valence-corrected chi connectivity index (χ4v) is 3.06. The molecule has 0 saturated heterocycles. The van der Waals surface area contributed by atoms with E-state index in [0.717, 1.165) is 27.7 Å². The van der Waals surface area contributed by atoms with Gasteiger partial charge in [0.25, 0.3) is 0 Å². The number of nitrogens with zero attached hydrogens (tertiary/aromatic N) is 2. The third-order valence-corrected chi connectivity index (χ3v) is 4.43. The predicted octanol–water partition coefficient (Wildman–Crippen LogP) is 5.14. The van der Waals surface area contributed by atoms with E-state index in [-0.39, 0.29) is 5.97 Å². The van der Waals surface area contributed by atoms with Gasteiger partial charge in [0.1, 0.15) is 5.82 Å². The van der Waals surface area contributed by atoms with Crippen molar-refractivity contribution < 1.29 is 9.53 Å². The van der Waals surface area contributed by atoms with E-state index in [0.29, 0.717) is 17.2 Å². The molecule has 1 heterocycles. The van der Waals surface area contributed by atoms with Gasteiger partial charge in [0.2, 0.25) is 0 Å². The van der Waals surface area contributed by atoms with E-state index in [9.17, 15) is 4.79 Å². The van der Waals surface area contributed by atoms with Crippen LogP contribution in [0.5, 0.6) is 0 Å². The smallest absolute Gasteiger partial charge is 0.337 e. The molecule has 5 heteroatoms. The normalized spacial score (nSPS) is 10.6. The molecule has 0 fully saturated rings. The summed E-state index contributed by atoms with van der Waals surface area (Å²) < 4.78 is 4.81. The van der Waals surface area contributed by atoms with Crippen LogP contribution in [0, 0.1) is 6.92 Å². The molecular weight excluding hydrogens is 350 g/mol. The Morgan fingerprint density at radius 3 is 2.57 bits per heavy atom. The van der Waals surface area contributed by atoms with Crippen molar-refractivity contribution in [3.63, 3.8) is 0 Å². The number of aryl methyl sites for hydroxylation is 1. The minimum absolute atomic E-state index is 0.378. The molecule has 0 saturated carbocycles. The second kappa shape index (κ2) is 7.48. The van der Waals surface area contributed by atoms with E-state index in [2.05, 4.69) is 11.4 Å². The van der Waals surface area contributed by atoms with E-state index < -0.39 is 0 Å². The second-order valence-electron chi connectivity index (χ2n) is 6.48. The maximum Gasteiger partial charge on any atom is 0.337 e. The van der Waals surface area contributed by atoms with Crippen molar-refractivity contribution >= 4 is 28.4 Å². The van der Waals surface area contributed by atoms with Gasteiger partial charge in [-0.2, -0.15) is 0 Å². The van der Waals surface area contributed by atoms with Crippen LogP contribution in [-0.2, 0) is 4.74 Å². The summed E-state index contributed by atoms with van der Waals surface area (Å²) >= 11 is 0. The van der Waals surface area contributed by atoms with E-state index in [1.165, 1.54) is 7.11 Å². The standard InChI is InChI=1S/C23H19N3O2/c1-15-7-5-8-16(13-15)21-25-20-12-4-3-11-19(20)22(26-21)24-18-10-6-9-17(14-18)23(27)28-2/h3-14H,1-2H3,(H,24,25,26). The van der Waals surface area contributed by atoms with E-state index >= 15 is 0 Å². The zero-order valence-electron chi connectivity index (χ0n) is 15.6. The van der Waals surface area contributed by atoms with Crippen molar-refractivity contribution in [2.75, 3.05) is 12.4 Å². The number of nitrogens with one attached hydrogen (secondary N) is 1. The lowest BCUT2D eigenvalue weighted by molar-refractivity contribution is 0.0601. The van der Waals surface area contributed by atoms with Gasteiger partial charge in [-0.3, -0.25) is 0 Å². The monoisotopic (exact) mass is 369 g/mol. The number of benzene rings is 3. The number of rotatable bonds is 4. The molecule has 0 radical (unpaired) electrons. The van der Waals surface area contributed by atoms with Gasteiger partial charge in [0.05, 0.1) is 18.2 Å². The summed E-state index contributed by atoms with van der Waals surface area (Å²) in [5.41, 5.74) is 4.18. The van der Waals surface area contributed by atoms with E-state index in [1.54, 1.807) is 18.2 Å². The number of carbonyl (C=O) groups excluding carboxylic acids is 1. The topological polar surface area (TPSA) is 64.1 Å². The van der Waals surface area contributed by atoms with Crippen molar-refractivity contribution in [3.8, 4) is 11.4 Å². The predicted molar refractivity (Wildman–Crippen MR) is 111 cm³/mol. The van der Waals surface area contributed by atoms with Gasteiger partial charge in [-0.1, -0.05) is 42.0 Å². The van der Waals surface area contributed by atoms with Gasteiger partial charge in [0.15, 0.2) is 5.82 Å². The van der Waals surface area contributed by atoms with E-state index in [1.807, 2.05) is 55.5 Å². The highest BCUT2D eigenvalue weighted by Crippen LogP contribution is 2.28. The number of hydrogen-bond donors (Lipinski definition) is 1. The lowest BCUT2D eigenvalue weighted by Gasteiger charge is -2.12. The zero-order chi connectivity index (χ0) is 19.5. The molecule has 0 aliphatic rings. The van der Waals surface area contributed by atoms with Crippen molar-refractivity contribution in [3.05, 3.63) is 83.9 Å². The maximum absolute atomic E-state index is 11.8. The third-order valence-electron chi connectivity index (χ3n) is 4.43. The van der Waals surface area contributed by atoms with Crippen LogP contribution >= 0.6 is 0 Å². The molecular formula is C23H19N3O2. The molecule has 0 bridgehead atoms. The van der Waals surface area contributed by atoms with Crippen LogP contribution < -0.4 is 5.32 Å². The Bertz CT molecular complexity index is 1170. The number of anilines is 2. The summed E-state index contributed by atoms with van der Waals surface area (Å²) in [5.74, 6) is 0.954. The minimum atomic E-state index is -0.378. The Balaban J connectivity index is 1.81. The van der Waals surface area contributed by atoms with Crippen LogP contribution in [-0.4, -0.2) is 23.0 Å². The number of methoxy groups -OCH3 is 1. The van der Waals surface area contributed by atoms with E-state index in [4.69, 9.17) is 14.7 Å². The first-order valence-electron chi connectivity index (χ1n) is 8.93. The Labute approximate surface area is 163 Å². The molecule has 1 N–H and O–H groups in total. The molecule has 4 aromatic rings. The molecule has 0 aliphatic carbocycles. The van der Waals surface area contributed by atoms with Crippen LogP contribution in [0.3, 0.4) is 0 Å². The summed E-state index contributed by atoms with van der Waals surface area (Å²) in [6, 6.07) is 23.1. The highest BCUT2D eigenvalue weighted by molar-refractivity contribution is 5.94. The summed E-state index contributed by atoms with van der Waals surface area (Å²) in [4.78, 5) is 21.3. The van der Waals surface area contributed by atoms with Gasteiger partial charge in [-0.15, -0.1) is 0 Å². The van der Waals surface area contributed by atoms with Crippen molar-refractivity contribution in [1.82, 2.24) is 9.97 Å². The Kier molecular flexibility index (Phi) is 4.72. The SMILES string of the molecule is COC(=O)c1cccc(Nc2nc(-c3cccc(C)c3)nc3ccccc23)c1. The molecule has 1 aromatic heterocycles. The minimum Gasteiger partial charge on any atom is -0.465 e. The Hall–Kier alpha value is -3.73. The third kappa shape index (κ3) is 3.55. The fourth-order valence-electron chi connectivity index (χ4n) is 3.06. The molecule has 138 valence electrons. The first kappa shape index (κ1) is 17.7. The van der Waals surface area contributed by atoms with Gasteiger partial charge in [-0.05, 0) is 43.3 Å². The lowest BCUT2D eigenvalue weighted by Crippen LogP contribution is -2.03. The molecule has 0 amide bonds. The molecule has 28 heavy (non-hydrogen) atoms. The van der Waals surface area contributed by atoms with Crippen molar-refractivity contribution in [2.45, 2.75) is 6.92 Å². The zero-order valence-corrected chi connectivity index (χ0v) is 15.6. The highest BCUT2D eigenvalue weighted by atomic mass is 16.5. The molecule has 0 unspecified atom stereocenters. The number of aromatic nitrogens is 2. The molecule has 5 nitrogen and oxygen atoms in total. The van der Waals surface area contributed by atoms with Crippen LogP contribution in [0.4, 0.5) is 11.5 Å². The summed E-state index contributed by atoms with van der Waals surface area (Å²) in [7, 11) is 1.37. The average molecular weight is 369 g/mol. The van der Waals surface area contributed by atoms with Gasteiger partial charge >= 0.3 is 5.97 Å². The second-order valence-corrected chi connectivity index (χ2v) is 6.48.